The molecule has 162 valence electrons. The van der Waals surface area contributed by atoms with Gasteiger partial charge in [-0.15, -0.1) is 0 Å². The summed E-state index contributed by atoms with van der Waals surface area (Å²) in [6.07, 6.45) is 0.147. The highest BCUT2D eigenvalue weighted by atomic mass is 35.5. The number of methoxy groups -OCH3 is 1. The molecule has 1 aromatic heterocycles. The van der Waals surface area contributed by atoms with Gasteiger partial charge in [0.1, 0.15) is 5.75 Å². The van der Waals surface area contributed by atoms with Gasteiger partial charge >= 0.3 is 0 Å². The zero-order valence-corrected chi connectivity index (χ0v) is 18.2. The van der Waals surface area contributed by atoms with Crippen molar-refractivity contribution >= 4 is 34.3 Å². The van der Waals surface area contributed by atoms with E-state index in [4.69, 9.17) is 21.1 Å². The van der Waals surface area contributed by atoms with Crippen LogP contribution < -0.4 is 10.2 Å². The first kappa shape index (κ1) is 21.4. The Morgan fingerprint density at radius 1 is 1.13 bits per heavy atom. The van der Waals surface area contributed by atoms with Gasteiger partial charge in [-0.3, -0.25) is 19.6 Å². The third-order valence-corrected chi connectivity index (χ3v) is 5.72. The van der Waals surface area contributed by atoms with E-state index in [-0.39, 0.29) is 18.2 Å². The van der Waals surface area contributed by atoms with E-state index in [9.17, 15) is 9.59 Å². The van der Waals surface area contributed by atoms with E-state index in [1.165, 1.54) is 0 Å². The van der Waals surface area contributed by atoms with Gasteiger partial charge in [0.2, 0.25) is 5.91 Å². The number of hydrogen-bond donors (Lipinski definition) is 1. The zero-order chi connectivity index (χ0) is 22.0. The monoisotopic (exact) mass is 441 g/mol. The maximum absolute atomic E-state index is 13.3. The van der Waals surface area contributed by atoms with E-state index >= 15 is 0 Å². The van der Waals surface area contributed by atoms with Gasteiger partial charge < -0.3 is 9.47 Å². The quantitative estimate of drug-likeness (QED) is 0.658. The van der Waals surface area contributed by atoms with Crippen molar-refractivity contribution in [1.29, 1.82) is 0 Å². The number of hydrazine groups is 1. The number of benzene rings is 2. The number of carbonyl (C=O) groups excluding carboxylic acids is 2. The Balaban J connectivity index is 1.72. The van der Waals surface area contributed by atoms with Gasteiger partial charge in [0.05, 0.1) is 32.3 Å². The fraction of sp³-hybridized carbons (Fsp3) is 0.304. The van der Waals surface area contributed by atoms with Crippen LogP contribution in [0.25, 0.3) is 10.9 Å². The SMILES string of the molecule is COc1ccc2c(c1)c(CC(=O)NN1CCOCC1)c(C)n2C(=O)c1ccc(Cl)cc1. The molecule has 0 atom stereocenters. The Morgan fingerprint density at radius 3 is 2.52 bits per heavy atom. The molecule has 1 aliphatic rings. The third kappa shape index (κ3) is 4.44. The number of halogens is 1. The summed E-state index contributed by atoms with van der Waals surface area (Å²) >= 11 is 5.98. The van der Waals surface area contributed by atoms with Gasteiger partial charge in [-0.2, -0.15) is 0 Å². The number of nitrogens with one attached hydrogen (secondary N) is 1. The maximum Gasteiger partial charge on any atom is 0.262 e. The van der Waals surface area contributed by atoms with Crippen molar-refractivity contribution in [3.05, 3.63) is 64.3 Å². The van der Waals surface area contributed by atoms with Crippen LogP contribution in [0.2, 0.25) is 5.02 Å². The summed E-state index contributed by atoms with van der Waals surface area (Å²) in [6, 6.07) is 12.3. The fourth-order valence-electron chi connectivity index (χ4n) is 3.85. The first-order valence-electron chi connectivity index (χ1n) is 10.1. The predicted octanol–water partition coefficient (Wildman–Crippen LogP) is 3.21. The number of rotatable bonds is 5. The average molecular weight is 442 g/mol. The highest BCUT2D eigenvalue weighted by molar-refractivity contribution is 6.30. The van der Waals surface area contributed by atoms with Crippen LogP contribution in [0.3, 0.4) is 0 Å². The van der Waals surface area contributed by atoms with Crippen LogP contribution in [0, 0.1) is 6.92 Å². The molecular weight excluding hydrogens is 418 g/mol. The molecule has 7 nitrogen and oxygen atoms in total. The van der Waals surface area contributed by atoms with Crippen LogP contribution in [-0.4, -0.2) is 54.8 Å². The van der Waals surface area contributed by atoms with E-state index in [2.05, 4.69) is 5.43 Å². The summed E-state index contributed by atoms with van der Waals surface area (Å²) in [5.74, 6) is 0.355. The second kappa shape index (κ2) is 9.09. The lowest BCUT2D eigenvalue weighted by Gasteiger charge is -2.26. The lowest BCUT2D eigenvalue weighted by Crippen LogP contribution is -2.48. The molecule has 2 aromatic carbocycles. The highest BCUT2D eigenvalue weighted by Gasteiger charge is 2.23. The standard InChI is InChI=1S/C23H24ClN3O4/c1-15-19(14-22(28)25-26-9-11-31-12-10-26)20-13-18(30-2)7-8-21(20)27(15)23(29)16-3-5-17(24)6-4-16/h3-8,13H,9-12,14H2,1-2H3,(H,25,28). The molecule has 0 aliphatic carbocycles. The molecule has 1 N–H and O–H groups in total. The van der Waals surface area contributed by atoms with Crippen molar-refractivity contribution in [2.75, 3.05) is 33.4 Å². The molecule has 1 fully saturated rings. The molecule has 1 saturated heterocycles. The summed E-state index contributed by atoms with van der Waals surface area (Å²) in [4.78, 5) is 26.1. The van der Waals surface area contributed by atoms with Crippen molar-refractivity contribution in [2.45, 2.75) is 13.3 Å². The van der Waals surface area contributed by atoms with Gasteiger partial charge in [-0.05, 0) is 55.0 Å². The molecule has 2 heterocycles. The van der Waals surface area contributed by atoms with Gasteiger partial charge in [-0.25, -0.2) is 5.01 Å². The summed E-state index contributed by atoms with van der Waals surface area (Å²) in [5.41, 5.74) is 5.70. The molecule has 31 heavy (non-hydrogen) atoms. The molecule has 0 bridgehead atoms. The largest absolute Gasteiger partial charge is 0.497 e. The Labute approximate surface area is 185 Å². The normalized spacial score (nSPS) is 14.5. The van der Waals surface area contributed by atoms with E-state index in [1.54, 1.807) is 35.9 Å². The van der Waals surface area contributed by atoms with Crippen molar-refractivity contribution in [1.82, 2.24) is 15.0 Å². The minimum Gasteiger partial charge on any atom is -0.497 e. The summed E-state index contributed by atoms with van der Waals surface area (Å²) < 4.78 is 12.4. The number of morpholine rings is 1. The van der Waals surface area contributed by atoms with E-state index < -0.39 is 0 Å². The number of aromatic nitrogens is 1. The Bertz CT molecular complexity index is 1120. The molecular formula is C23H24ClN3O4. The van der Waals surface area contributed by atoms with Gasteiger partial charge in [0.25, 0.3) is 5.91 Å². The van der Waals surface area contributed by atoms with E-state index in [0.717, 1.165) is 22.2 Å². The molecule has 3 aromatic rings. The lowest BCUT2D eigenvalue weighted by atomic mass is 10.1. The molecule has 8 heteroatoms. The number of amides is 1. The van der Waals surface area contributed by atoms with Gasteiger partial charge in [-0.1, -0.05) is 11.6 Å². The smallest absolute Gasteiger partial charge is 0.262 e. The first-order chi connectivity index (χ1) is 15.0. The van der Waals surface area contributed by atoms with Gasteiger partial charge in [0.15, 0.2) is 0 Å². The van der Waals surface area contributed by atoms with Crippen LogP contribution in [0.1, 0.15) is 21.6 Å². The molecule has 0 unspecified atom stereocenters. The summed E-state index contributed by atoms with van der Waals surface area (Å²) in [7, 11) is 1.59. The van der Waals surface area contributed by atoms with E-state index in [1.807, 2.05) is 30.1 Å². The third-order valence-electron chi connectivity index (χ3n) is 5.47. The first-order valence-corrected chi connectivity index (χ1v) is 10.5. The number of ether oxygens (including phenoxy) is 2. The second-order valence-electron chi connectivity index (χ2n) is 7.41. The Morgan fingerprint density at radius 2 is 1.84 bits per heavy atom. The van der Waals surface area contributed by atoms with Crippen molar-refractivity contribution in [3.63, 3.8) is 0 Å². The van der Waals surface area contributed by atoms with Crippen molar-refractivity contribution in [3.8, 4) is 5.75 Å². The number of carbonyl (C=O) groups is 2. The molecule has 1 amide bonds. The Hall–Kier alpha value is -2.87. The zero-order valence-electron chi connectivity index (χ0n) is 17.5. The fourth-order valence-corrected chi connectivity index (χ4v) is 3.97. The molecule has 0 radical (unpaired) electrons. The van der Waals surface area contributed by atoms with Crippen LogP contribution in [0.15, 0.2) is 42.5 Å². The summed E-state index contributed by atoms with van der Waals surface area (Å²) in [5, 5.41) is 3.24. The molecule has 0 spiro atoms. The number of nitrogens with zero attached hydrogens (tertiary/aromatic N) is 2. The molecule has 1 aliphatic heterocycles. The maximum atomic E-state index is 13.3. The Kier molecular flexibility index (Phi) is 6.27. The number of hydrogen-bond acceptors (Lipinski definition) is 5. The van der Waals surface area contributed by atoms with Crippen molar-refractivity contribution < 1.29 is 19.1 Å². The minimum absolute atomic E-state index is 0.134. The highest BCUT2D eigenvalue weighted by Crippen LogP contribution is 2.31. The average Bonchev–Trinajstić information content (AvgIpc) is 3.05. The van der Waals surface area contributed by atoms with E-state index in [0.29, 0.717) is 42.6 Å². The molecule has 0 saturated carbocycles. The molecule has 4 rings (SSSR count). The summed E-state index contributed by atoms with van der Waals surface area (Å²) in [6.45, 7) is 4.33. The van der Waals surface area contributed by atoms with Gasteiger partial charge in [0, 0.05) is 34.8 Å². The number of fused-ring (bicyclic) bond motifs is 1. The topological polar surface area (TPSA) is 72.8 Å². The minimum atomic E-state index is -0.177. The van der Waals surface area contributed by atoms with Crippen molar-refractivity contribution in [2.24, 2.45) is 0 Å². The lowest BCUT2D eigenvalue weighted by molar-refractivity contribution is -0.127. The van der Waals surface area contributed by atoms with Crippen LogP contribution in [-0.2, 0) is 16.0 Å². The second-order valence-corrected chi connectivity index (χ2v) is 7.84. The van der Waals surface area contributed by atoms with Crippen LogP contribution in [0.4, 0.5) is 0 Å². The van der Waals surface area contributed by atoms with Crippen LogP contribution >= 0.6 is 11.6 Å². The predicted molar refractivity (Wildman–Crippen MR) is 119 cm³/mol. The van der Waals surface area contributed by atoms with Crippen LogP contribution in [0.5, 0.6) is 5.75 Å².